The standard InChI is InChI=1S/C22H23NO4S/c1-24-17-4-2-16(3-5-17)20-15-22(28)19-7-6-18(14-21(19)27-20)26-13-10-23-8-11-25-12-9-23/h2-7,14-15H,8-13H2,1H3. The van der Waals surface area contributed by atoms with Crippen molar-refractivity contribution in [2.75, 3.05) is 46.6 Å². The van der Waals surface area contributed by atoms with Gasteiger partial charge >= 0.3 is 0 Å². The van der Waals surface area contributed by atoms with E-state index in [2.05, 4.69) is 4.90 Å². The van der Waals surface area contributed by atoms with E-state index in [4.69, 9.17) is 30.8 Å². The molecule has 0 N–H and O–H groups in total. The predicted molar refractivity (Wildman–Crippen MR) is 112 cm³/mol. The molecular weight excluding hydrogens is 374 g/mol. The molecule has 146 valence electrons. The molecule has 3 aromatic rings. The van der Waals surface area contributed by atoms with E-state index in [0.717, 1.165) is 71.2 Å². The van der Waals surface area contributed by atoms with E-state index in [1.54, 1.807) is 7.11 Å². The molecule has 0 aliphatic carbocycles. The van der Waals surface area contributed by atoms with E-state index in [9.17, 15) is 0 Å². The van der Waals surface area contributed by atoms with Crippen LogP contribution in [0.4, 0.5) is 0 Å². The highest BCUT2D eigenvalue weighted by Crippen LogP contribution is 2.29. The van der Waals surface area contributed by atoms with Gasteiger partial charge in [-0.05, 0) is 36.4 Å². The van der Waals surface area contributed by atoms with Crippen LogP contribution in [0.1, 0.15) is 0 Å². The van der Waals surface area contributed by atoms with Gasteiger partial charge < -0.3 is 18.6 Å². The molecule has 4 rings (SSSR count). The van der Waals surface area contributed by atoms with Gasteiger partial charge in [0, 0.05) is 42.7 Å². The molecule has 0 amide bonds. The molecule has 5 nitrogen and oxygen atoms in total. The molecule has 1 saturated heterocycles. The van der Waals surface area contributed by atoms with Crippen molar-refractivity contribution >= 4 is 23.2 Å². The van der Waals surface area contributed by atoms with Gasteiger partial charge in [-0.3, -0.25) is 4.90 Å². The first-order valence-electron chi connectivity index (χ1n) is 9.38. The van der Waals surface area contributed by atoms with Gasteiger partial charge in [-0.15, -0.1) is 0 Å². The van der Waals surface area contributed by atoms with Gasteiger partial charge in [0.2, 0.25) is 0 Å². The van der Waals surface area contributed by atoms with Crippen molar-refractivity contribution < 1.29 is 18.6 Å². The summed E-state index contributed by atoms with van der Waals surface area (Å²) in [5, 5.41) is 0.910. The summed E-state index contributed by atoms with van der Waals surface area (Å²) in [7, 11) is 1.65. The lowest BCUT2D eigenvalue weighted by Crippen LogP contribution is -2.38. The van der Waals surface area contributed by atoms with Crippen molar-refractivity contribution in [1.82, 2.24) is 4.90 Å². The van der Waals surface area contributed by atoms with Gasteiger partial charge in [0.25, 0.3) is 0 Å². The van der Waals surface area contributed by atoms with Crippen molar-refractivity contribution in [3.05, 3.63) is 53.0 Å². The maximum absolute atomic E-state index is 6.12. The Balaban J connectivity index is 1.52. The van der Waals surface area contributed by atoms with Crippen molar-refractivity contribution in [2.45, 2.75) is 0 Å². The topological polar surface area (TPSA) is 44.1 Å². The van der Waals surface area contributed by atoms with Crippen molar-refractivity contribution in [1.29, 1.82) is 0 Å². The molecule has 0 bridgehead atoms. The molecule has 28 heavy (non-hydrogen) atoms. The van der Waals surface area contributed by atoms with E-state index < -0.39 is 0 Å². The second-order valence-electron chi connectivity index (χ2n) is 6.66. The molecular formula is C22H23NO4S. The molecule has 1 aliphatic heterocycles. The van der Waals surface area contributed by atoms with Crippen LogP contribution in [0.3, 0.4) is 0 Å². The minimum absolute atomic E-state index is 0.629. The van der Waals surface area contributed by atoms with Gasteiger partial charge in [-0.1, -0.05) is 12.2 Å². The second-order valence-corrected chi connectivity index (χ2v) is 7.10. The van der Waals surface area contributed by atoms with Crippen LogP contribution in [0.15, 0.2) is 52.9 Å². The Kier molecular flexibility index (Phi) is 5.90. The average Bonchev–Trinajstić information content (AvgIpc) is 2.74. The third-order valence-electron chi connectivity index (χ3n) is 4.86. The van der Waals surface area contributed by atoms with Crippen LogP contribution < -0.4 is 9.47 Å². The smallest absolute Gasteiger partial charge is 0.139 e. The van der Waals surface area contributed by atoms with Crippen LogP contribution in [-0.2, 0) is 4.74 Å². The molecule has 1 aliphatic rings. The summed E-state index contributed by atoms with van der Waals surface area (Å²) in [6.07, 6.45) is 0. The average molecular weight is 397 g/mol. The maximum atomic E-state index is 6.12. The highest BCUT2D eigenvalue weighted by Gasteiger charge is 2.11. The summed E-state index contributed by atoms with van der Waals surface area (Å²) in [4.78, 5) is 2.35. The number of methoxy groups -OCH3 is 1. The summed E-state index contributed by atoms with van der Waals surface area (Å²) in [5.41, 5.74) is 1.68. The number of fused-ring (bicyclic) bond motifs is 1. The SMILES string of the molecule is COc1ccc(-c2cc(=S)c3ccc(OCCN4CCOCC4)cc3o2)cc1. The van der Waals surface area contributed by atoms with Crippen LogP contribution in [0.2, 0.25) is 0 Å². The normalized spacial score (nSPS) is 14.9. The highest BCUT2D eigenvalue weighted by molar-refractivity contribution is 7.71. The van der Waals surface area contributed by atoms with E-state index >= 15 is 0 Å². The lowest BCUT2D eigenvalue weighted by Gasteiger charge is -2.26. The summed E-state index contributed by atoms with van der Waals surface area (Å²) >= 11 is 5.56. The van der Waals surface area contributed by atoms with Crippen LogP contribution >= 0.6 is 12.2 Å². The molecule has 0 radical (unpaired) electrons. The van der Waals surface area contributed by atoms with Crippen LogP contribution in [0, 0.1) is 4.51 Å². The molecule has 0 unspecified atom stereocenters. The summed E-state index contributed by atoms with van der Waals surface area (Å²) in [5.74, 6) is 2.32. The number of morpholine rings is 1. The fourth-order valence-corrected chi connectivity index (χ4v) is 3.52. The summed E-state index contributed by atoms with van der Waals surface area (Å²) < 4.78 is 23.4. The Bertz CT molecular complexity index is 994. The molecule has 0 spiro atoms. The summed E-state index contributed by atoms with van der Waals surface area (Å²) in [6.45, 7) is 5.03. The molecule has 1 aromatic heterocycles. The third-order valence-corrected chi connectivity index (χ3v) is 5.19. The predicted octanol–water partition coefficient (Wildman–Crippen LogP) is 4.55. The van der Waals surface area contributed by atoms with E-state index in [-0.39, 0.29) is 0 Å². The first-order chi connectivity index (χ1) is 13.7. The van der Waals surface area contributed by atoms with Crippen molar-refractivity contribution in [3.8, 4) is 22.8 Å². The number of hydrogen-bond donors (Lipinski definition) is 0. The van der Waals surface area contributed by atoms with Gasteiger partial charge in [0.15, 0.2) is 0 Å². The zero-order valence-corrected chi connectivity index (χ0v) is 16.7. The highest BCUT2D eigenvalue weighted by atomic mass is 32.1. The Morgan fingerprint density at radius 3 is 2.50 bits per heavy atom. The lowest BCUT2D eigenvalue weighted by molar-refractivity contribution is 0.0322. The minimum atomic E-state index is 0.629. The molecule has 2 heterocycles. The fourth-order valence-electron chi connectivity index (χ4n) is 3.24. The third kappa shape index (κ3) is 4.35. The van der Waals surface area contributed by atoms with Crippen LogP contribution in [-0.4, -0.2) is 51.5 Å². The second kappa shape index (κ2) is 8.73. The zero-order valence-electron chi connectivity index (χ0n) is 15.8. The maximum Gasteiger partial charge on any atom is 0.139 e. The van der Waals surface area contributed by atoms with E-state index in [0.29, 0.717) is 6.61 Å². The number of ether oxygens (including phenoxy) is 3. The van der Waals surface area contributed by atoms with Gasteiger partial charge in [-0.25, -0.2) is 0 Å². The molecule has 0 atom stereocenters. The molecule has 1 fully saturated rings. The van der Waals surface area contributed by atoms with Crippen molar-refractivity contribution in [3.63, 3.8) is 0 Å². The minimum Gasteiger partial charge on any atom is -0.497 e. The lowest BCUT2D eigenvalue weighted by atomic mass is 10.1. The Morgan fingerprint density at radius 2 is 1.75 bits per heavy atom. The van der Waals surface area contributed by atoms with Crippen molar-refractivity contribution in [2.24, 2.45) is 0 Å². The Labute approximate surface area is 169 Å². The molecule has 2 aromatic carbocycles. The monoisotopic (exact) mass is 397 g/mol. The number of rotatable bonds is 6. The molecule has 0 saturated carbocycles. The number of hydrogen-bond acceptors (Lipinski definition) is 6. The van der Waals surface area contributed by atoms with Gasteiger partial charge in [0.05, 0.1) is 24.8 Å². The van der Waals surface area contributed by atoms with Gasteiger partial charge in [0.1, 0.15) is 29.4 Å². The number of nitrogens with zero attached hydrogens (tertiary/aromatic N) is 1. The quantitative estimate of drug-likeness (QED) is 0.569. The zero-order chi connectivity index (χ0) is 19.3. The first-order valence-corrected chi connectivity index (χ1v) is 9.79. The number of benzene rings is 2. The Morgan fingerprint density at radius 1 is 1.00 bits per heavy atom. The van der Waals surface area contributed by atoms with Crippen LogP contribution in [0.25, 0.3) is 22.3 Å². The Hall–Kier alpha value is -2.41. The molecule has 6 heteroatoms. The fraction of sp³-hybridized carbons (Fsp3) is 0.318. The first kappa shape index (κ1) is 18.9. The van der Waals surface area contributed by atoms with Gasteiger partial charge in [-0.2, -0.15) is 0 Å². The van der Waals surface area contributed by atoms with E-state index in [1.807, 2.05) is 48.5 Å². The van der Waals surface area contributed by atoms with Crippen LogP contribution in [0.5, 0.6) is 11.5 Å². The largest absolute Gasteiger partial charge is 0.497 e. The van der Waals surface area contributed by atoms with E-state index in [1.165, 1.54) is 0 Å². The summed E-state index contributed by atoms with van der Waals surface area (Å²) in [6, 6.07) is 15.4.